The minimum Gasteiger partial charge on any atom is -0.481 e. The molecule has 1 aromatic rings. The highest BCUT2D eigenvalue weighted by Crippen LogP contribution is 2.07. The summed E-state index contributed by atoms with van der Waals surface area (Å²) < 4.78 is 0. The molecule has 0 heterocycles. The first-order chi connectivity index (χ1) is 16.0. The number of nitrogens with one attached hydrogen (secondary N) is 3. The highest BCUT2D eigenvalue weighted by Gasteiger charge is 2.29. The topological polar surface area (TPSA) is 225 Å². The Morgan fingerprint density at radius 2 is 1.29 bits per heavy atom. The minimum atomic E-state index is -1.38. The second-order valence-corrected chi connectivity index (χ2v) is 7.39. The van der Waals surface area contributed by atoms with Crippen molar-refractivity contribution in [3.63, 3.8) is 0 Å². The molecule has 0 radical (unpaired) electrons. The first-order valence-electron chi connectivity index (χ1n) is 10.3. The molecule has 0 bridgehead atoms. The second kappa shape index (κ2) is 14.2. The Morgan fingerprint density at radius 1 is 0.735 bits per heavy atom. The van der Waals surface area contributed by atoms with Gasteiger partial charge in [0, 0.05) is 19.3 Å². The smallest absolute Gasteiger partial charge is 0.322 e. The molecule has 0 aliphatic rings. The van der Waals surface area contributed by atoms with Crippen LogP contribution in [0, 0.1) is 0 Å². The molecule has 13 nitrogen and oxygen atoms in total. The Balaban J connectivity index is 3.01. The number of amides is 3. The van der Waals surface area contributed by atoms with Crippen molar-refractivity contribution < 1.29 is 44.1 Å². The molecule has 3 unspecified atom stereocenters. The summed E-state index contributed by atoms with van der Waals surface area (Å²) >= 11 is 0. The molecule has 1 rings (SSSR count). The molecule has 1 aromatic carbocycles. The Morgan fingerprint density at radius 3 is 1.85 bits per heavy atom. The number of carbonyl (C=O) groups excluding carboxylic acids is 3. The molecule has 0 aromatic heterocycles. The molecule has 13 heteroatoms. The molecule has 3 atom stereocenters. The largest absolute Gasteiger partial charge is 0.481 e. The lowest BCUT2D eigenvalue weighted by Crippen LogP contribution is -2.56. The van der Waals surface area contributed by atoms with Crippen molar-refractivity contribution in [3.8, 4) is 0 Å². The Hall–Kier alpha value is -4.00. The summed E-state index contributed by atoms with van der Waals surface area (Å²) in [6.45, 7) is -0.735. The van der Waals surface area contributed by atoms with E-state index in [1.807, 2.05) is 0 Å². The zero-order valence-corrected chi connectivity index (χ0v) is 18.2. The number of rotatable bonds is 15. The lowest BCUT2D eigenvalue weighted by molar-refractivity contribution is -0.140. The summed E-state index contributed by atoms with van der Waals surface area (Å²) in [5, 5.41) is 33.3. The summed E-state index contributed by atoms with van der Waals surface area (Å²) in [4.78, 5) is 70.1. The van der Waals surface area contributed by atoms with Crippen molar-refractivity contribution in [1.82, 2.24) is 16.0 Å². The van der Waals surface area contributed by atoms with Gasteiger partial charge in [-0.1, -0.05) is 30.3 Å². The van der Waals surface area contributed by atoms with Crippen LogP contribution in [-0.2, 0) is 35.2 Å². The van der Waals surface area contributed by atoms with Gasteiger partial charge in [0.15, 0.2) is 0 Å². The number of hydrogen-bond acceptors (Lipinski definition) is 7. The SMILES string of the molecule is NC(CCC(=O)O)C(=O)NC(Cc1ccccc1)C(=O)NC(CCC(=O)O)C(=O)NCC(=O)O. The van der Waals surface area contributed by atoms with Crippen molar-refractivity contribution in [3.05, 3.63) is 35.9 Å². The fourth-order valence-electron chi connectivity index (χ4n) is 2.84. The molecule has 34 heavy (non-hydrogen) atoms. The molecule has 186 valence electrons. The van der Waals surface area contributed by atoms with Gasteiger partial charge in [0.05, 0.1) is 6.04 Å². The van der Waals surface area contributed by atoms with Crippen molar-refractivity contribution in [2.45, 2.75) is 50.2 Å². The van der Waals surface area contributed by atoms with Crippen molar-refractivity contribution in [2.75, 3.05) is 6.54 Å². The average molecular weight is 480 g/mol. The second-order valence-electron chi connectivity index (χ2n) is 7.39. The van der Waals surface area contributed by atoms with E-state index in [0.717, 1.165) is 0 Å². The monoisotopic (exact) mass is 480 g/mol. The van der Waals surface area contributed by atoms with Gasteiger partial charge in [-0.15, -0.1) is 0 Å². The maximum atomic E-state index is 13.0. The summed E-state index contributed by atoms with van der Waals surface area (Å²) in [5.74, 6) is -6.22. The molecule has 0 spiro atoms. The van der Waals surface area contributed by atoms with Crippen molar-refractivity contribution >= 4 is 35.6 Å². The quantitative estimate of drug-likeness (QED) is 0.153. The predicted octanol–water partition coefficient (Wildman–Crippen LogP) is -1.54. The Labute approximate surface area is 194 Å². The molecular formula is C21H28N4O9. The van der Waals surface area contributed by atoms with E-state index in [2.05, 4.69) is 16.0 Å². The summed E-state index contributed by atoms with van der Waals surface area (Å²) in [6.07, 6.45) is -1.34. The highest BCUT2D eigenvalue weighted by molar-refractivity contribution is 5.94. The summed E-state index contributed by atoms with van der Waals surface area (Å²) in [5.41, 5.74) is 6.37. The first-order valence-corrected chi connectivity index (χ1v) is 10.3. The van der Waals surface area contributed by atoms with Crippen LogP contribution < -0.4 is 21.7 Å². The van der Waals surface area contributed by atoms with E-state index in [1.165, 1.54) is 0 Å². The molecule has 0 saturated heterocycles. The van der Waals surface area contributed by atoms with Gasteiger partial charge in [0.2, 0.25) is 17.7 Å². The highest BCUT2D eigenvalue weighted by atomic mass is 16.4. The standard InChI is InChI=1S/C21H28N4O9/c22-13(6-8-16(26)27)19(32)25-15(10-12-4-2-1-3-5-12)21(34)24-14(7-9-17(28)29)20(33)23-11-18(30)31/h1-5,13-15H,6-11,22H2,(H,23,33)(H,24,34)(H,25,32)(H,26,27)(H,28,29)(H,30,31). The predicted molar refractivity (Wildman–Crippen MR) is 116 cm³/mol. The van der Waals surface area contributed by atoms with Crippen LogP contribution in [0.15, 0.2) is 30.3 Å². The van der Waals surface area contributed by atoms with E-state index in [9.17, 15) is 28.8 Å². The summed E-state index contributed by atoms with van der Waals surface area (Å²) in [6, 6.07) is 4.73. The van der Waals surface area contributed by atoms with E-state index >= 15 is 0 Å². The van der Waals surface area contributed by atoms with E-state index < -0.39 is 66.7 Å². The third-order valence-electron chi connectivity index (χ3n) is 4.62. The van der Waals surface area contributed by atoms with Gasteiger partial charge in [0.25, 0.3) is 0 Å². The number of nitrogens with two attached hydrogens (primary N) is 1. The number of carboxylic acids is 3. The number of carbonyl (C=O) groups is 6. The van der Waals surface area contributed by atoms with Gasteiger partial charge in [-0.3, -0.25) is 28.8 Å². The molecule has 0 fully saturated rings. The lowest BCUT2D eigenvalue weighted by atomic mass is 10.0. The van der Waals surface area contributed by atoms with E-state index in [0.29, 0.717) is 5.56 Å². The van der Waals surface area contributed by atoms with Crippen molar-refractivity contribution in [2.24, 2.45) is 5.73 Å². The molecule has 0 saturated carbocycles. The van der Waals surface area contributed by atoms with Gasteiger partial charge in [0.1, 0.15) is 18.6 Å². The number of benzene rings is 1. The van der Waals surface area contributed by atoms with Crippen LogP contribution in [0.25, 0.3) is 0 Å². The molecule has 3 amide bonds. The van der Waals surface area contributed by atoms with Crippen LogP contribution in [0.3, 0.4) is 0 Å². The van der Waals surface area contributed by atoms with Crippen LogP contribution in [0.2, 0.25) is 0 Å². The molecule has 0 aliphatic heterocycles. The molecule has 8 N–H and O–H groups in total. The molecule has 0 aliphatic carbocycles. The lowest BCUT2D eigenvalue weighted by Gasteiger charge is -2.24. The van der Waals surface area contributed by atoms with Gasteiger partial charge in [-0.25, -0.2) is 0 Å². The normalized spacial score (nSPS) is 13.1. The maximum absolute atomic E-state index is 13.0. The maximum Gasteiger partial charge on any atom is 0.322 e. The van der Waals surface area contributed by atoms with Crippen molar-refractivity contribution in [1.29, 1.82) is 0 Å². The van der Waals surface area contributed by atoms with E-state index in [1.54, 1.807) is 30.3 Å². The average Bonchev–Trinajstić information content (AvgIpc) is 2.78. The van der Waals surface area contributed by atoms with E-state index in [4.69, 9.17) is 21.1 Å². The van der Waals surface area contributed by atoms with E-state index in [-0.39, 0.29) is 25.7 Å². The van der Waals surface area contributed by atoms with Crippen LogP contribution >= 0.6 is 0 Å². The minimum absolute atomic E-state index is 0.00748. The van der Waals surface area contributed by atoms with Crippen LogP contribution in [0.5, 0.6) is 0 Å². The molecular weight excluding hydrogens is 452 g/mol. The number of hydrogen-bond donors (Lipinski definition) is 7. The van der Waals surface area contributed by atoms with Gasteiger partial charge in [-0.2, -0.15) is 0 Å². The summed E-state index contributed by atoms with van der Waals surface area (Å²) in [7, 11) is 0. The zero-order chi connectivity index (χ0) is 25.7. The fourth-order valence-corrected chi connectivity index (χ4v) is 2.84. The number of aliphatic carboxylic acids is 3. The van der Waals surface area contributed by atoms with Crippen LogP contribution in [0.1, 0.15) is 31.2 Å². The third-order valence-corrected chi connectivity index (χ3v) is 4.62. The van der Waals surface area contributed by atoms with Gasteiger partial charge in [-0.05, 0) is 18.4 Å². The zero-order valence-electron chi connectivity index (χ0n) is 18.2. The first kappa shape index (κ1) is 28.0. The van der Waals surface area contributed by atoms with Gasteiger partial charge >= 0.3 is 17.9 Å². The number of carboxylic acid groups (broad SMARTS) is 3. The Kier molecular flexibility index (Phi) is 11.7. The Bertz CT molecular complexity index is 891. The van der Waals surface area contributed by atoms with Gasteiger partial charge < -0.3 is 37.0 Å². The van der Waals surface area contributed by atoms with Crippen LogP contribution in [0.4, 0.5) is 0 Å². The third kappa shape index (κ3) is 11.0. The van der Waals surface area contributed by atoms with Crippen LogP contribution in [-0.4, -0.2) is 75.6 Å². The fraction of sp³-hybridized carbons (Fsp3) is 0.429.